The van der Waals surface area contributed by atoms with E-state index in [0.717, 1.165) is 11.3 Å². The van der Waals surface area contributed by atoms with Crippen LogP contribution in [0.2, 0.25) is 0 Å². The molecule has 0 saturated heterocycles. The van der Waals surface area contributed by atoms with Gasteiger partial charge in [0.1, 0.15) is 5.82 Å². The zero-order chi connectivity index (χ0) is 13.9. The van der Waals surface area contributed by atoms with E-state index in [1.165, 1.54) is 23.9 Å². The van der Waals surface area contributed by atoms with Crippen molar-refractivity contribution in [2.75, 3.05) is 6.26 Å². The van der Waals surface area contributed by atoms with E-state index in [-0.39, 0.29) is 5.82 Å². The van der Waals surface area contributed by atoms with Crippen LogP contribution in [0.1, 0.15) is 11.3 Å². The second-order valence-corrected chi connectivity index (χ2v) is 4.84. The summed E-state index contributed by atoms with van der Waals surface area (Å²) in [6, 6.07) is 8.16. The molecule has 0 amide bonds. The highest BCUT2D eigenvalue weighted by atomic mass is 32.2. The summed E-state index contributed by atoms with van der Waals surface area (Å²) in [6.07, 6.45) is 7.41. The van der Waals surface area contributed by atoms with E-state index in [0.29, 0.717) is 10.9 Å². The molecule has 0 radical (unpaired) electrons. The molecule has 0 fully saturated rings. The van der Waals surface area contributed by atoms with Crippen LogP contribution in [-0.2, 0) is 0 Å². The minimum atomic E-state index is -0.241. The number of benzene rings is 1. The first-order chi connectivity index (χ1) is 9.76. The number of fused-ring (bicyclic) bond motifs is 1. The van der Waals surface area contributed by atoms with Crippen LogP contribution >= 0.6 is 11.8 Å². The van der Waals surface area contributed by atoms with Crippen molar-refractivity contribution < 1.29 is 4.39 Å². The molecule has 0 N–H and O–H groups in total. The number of halogens is 1. The molecule has 6 heteroatoms. The molecule has 2 heterocycles. The molecule has 1 aromatic carbocycles. The highest BCUT2D eigenvalue weighted by molar-refractivity contribution is 7.98. The van der Waals surface area contributed by atoms with Gasteiger partial charge in [-0.15, -0.1) is 5.10 Å². The quantitative estimate of drug-likeness (QED) is 0.694. The molecule has 0 bridgehead atoms. The number of hydrogen-bond acceptors (Lipinski definition) is 4. The number of thioether (sulfide) groups is 1. The standard InChI is InChI=1S/C14H11FN4S/c1-20-14-17-13-16-9-8-12(19(13)18-14)7-4-10-2-5-11(15)6-3-10/h2-9H,1H3. The third-order valence-corrected chi connectivity index (χ3v) is 3.29. The summed E-state index contributed by atoms with van der Waals surface area (Å²) in [5, 5.41) is 5.03. The van der Waals surface area contributed by atoms with Gasteiger partial charge in [0.15, 0.2) is 0 Å². The second-order valence-electron chi connectivity index (χ2n) is 4.06. The normalized spacial score (nSPS) is 11.5. The van der Waals surface area contributed by atoms with E-state index in [1.54, 1.807) is 22.8 Å². The first-order valence-corrected chi connectivity index (χ1v) is 7.18. The van der Waals surface area contributed by atoms with Crippen LogP contribution in [-0.4, -0.2) is 25.8 Å². The molecule has 0 aliphatic carbocycles. The Morgan fingerprint density at radius 1 is 1.15 bits per heavy atom. The van der Waals surface area contributed by atoms with Crippen molar-refractivity contribution >= 4 is 29.7 Å². The molecule has 0 atom stereocenters. The number of hydrogen-bond donors (Lipinski definition) is 0. The zero-order valence-corrected chi connectivity index (χ0v) is 11.5. The first kappa shape index (κ1) is 12.8. The fourth-order valence-electron chi connectivity index (χ4n) is 1.76. The SMILES string of the molecule is CSc1nc2nccc(C=Cc3ccc(F)cc3)n2n1. The molecule has 0 spiro atoms. The Balaban J connectivity index is 1.97. The lowest BCUT2D eigenvalue weighted by atomic mass is 10.2. The molecule has 3 aromatic rings. The second kappa shape index (κ2) is 5.42. The van der Waals surface area contributed by atoms with Gasteiger partial charge in [0.05, 0.1) is 5.69 Å². The molecule has 4 nitrogen and oxygen atoms in total. The highest BCUT2D eigenvalue weighted by Crippen LogP contribution is 2.13. The largest absolute Gasteiger partial charge is 0.253 e. The van der Waals surface area contributed by atoms with Gasteiger partial charge in [0.25, 0.3) is 5.78 Å². The third kappa shape index (κ3) is 2.55. The summed E-state index contributed by atoms with van der Waals surface area (Å²) < 4.78 is 14.5. The van der Waals surface area contributed by atoms with Crippen molar-refractivity contribution in [3.63, 3.8) is 0 Å². The minimum absolute atomic E-state index is 0.241. The minimum Gasteiger partial charge on any atom is -0.220 e. The summed E-state index contributed by atoms with van der Waals surface area (Å²) in [7, 11) is 0. The lowest BCUT2D eigenvalue weighted by molar-refractivity contribution is 0.628. The van der Waals surface area contributed by atoms with Crippen molar-refractivity contribution in [2.45, 2.75) is 5.16 Å². The number of rotatable bonds is 3. The Hall–Kier alpha value is -2.21. The van der Waals surface area contributed by atoms with Crippen molar-refractivity contribution in [1.29, 1.82) is 0 Å². The van der Waals surface area contributed by atoms with Gasteiger partial charge in [0.2, 0.25) is 5.16 Å². The van der Waals surface area contributed by atoms with Gasteiger partial charge >= 0.3 is 0 Å². The Labute approximate surface area is 119 Å². The van der Waals surface area contributed by atoms with Gasteiger partial charge in [-0.3, -0.25) is 0 Å². The zero-order valence-electron chi connectivity index (χ0n) is 10.7. The lowest BCUT2D eigenvalue weighted by Crippen LogP contribution is -1.94. The predicted molar refractivity (Wildman–Crippen MR) is 77.9 cm³/mol. The molecule has 100 valence electrons. The Bertz CT molecular complexity index is 764. The van der Waals surface area contributed by atoms with E-state index in [9.17, 15) is 4.39 Å². The average Bonchev–Trinajstić information content (AvgIpc) is 2.90. The maximum absolute atomic E-state index is 12.8. The van der Waals surface area contributed by atoms with Crippen molar-refractivity contribution in [2.24, 2.45) is 0 Å². The highest BCUT2D eigenvalue weighted by Gasteiger charge is 2.05. The van der Waals surface area contributed by atoms with Crippen LogP contribution in [0, 0.1) is 5.82 Å². The van der Waals surface area contributed by atoms with Crippen LogP contribution < -0.4 is 0 Å². The van der Waals surface area contributed by atoms with Crippen molar-refractivity contribution in [3.8, 4) is 0 Å². The van der Waals surface area contributed by atoms with E-state index in [1.807, 2.05) is 24.5 Å². The van der Waals surface area contributed by atoms with Crippen molar-refractivity contribution in [1.82, 2.24) is 19.6 Å². The molecule has 0 unspecified atom stereocenters. The molecule has 2 aromatic heterocycles. The molecule has 0 aliphatic rings. The van der Waals surface area contributed by atoms with E-state index >= 15 is 0 Å². The van der Waals surface area contributed by atoms with E-state index in [4.69, 9.17) is 0 Å². The average molecular weight is 286 g/mol. The number of nitrogens with zero attached hydrogens (tertiary/aromatic N) is 4. The lowest BCUT2D eigenvalue weighted by Gasteiger charge is -1.97. The smallest absolute Gasteiger partial charge is 0.220 e. The van der Waals surface area contributed by atoms with Gasteiger partial charge in [0, 0.05) is 6.20 Å². The van der Waals surface area contributed by atoms with Gasteiger partial charge in [-0.2, -0.15) is 9.50 Å². The molecular weight excluding hydrogens is 275 g/mol. The third-order valence-electron chi connectivity index (χ3n) is 2.75. The molecule has 0 saturated carbocycles. The van der Waals surface area contributed by atoms with E-state index < -0.39 is 0 Å². The van der Waals surface area contributed by atoms with Crippen LogP contribution in [0.25, 0.3) is 17.9 Å². The van der Waals surface area contributed by atoms with Crippen molar-refractivity contribution in [3.05, 3.63) is 53.6 Å². The topological polar surface area (TPSA) is 43.1 Å². The van der Waals surface area contributed by atoms with Crippen LogP contribution in [0.15, 0.2) is 41.7 Å². The molecule has 20 heavy (non-hydrogen) atoms. The van der Waals surface area contributed by atoms with Gasteiger partial charge in [-0.1, -0.05) is 30.0 Å². The van der Waals surface area contributed by atoms with Gasteiger partial charge in [-0.25, -0.2) is 9.37 Å². The maximum Gasteiger partial charge on any atom is 0.253 e. The monoisotopic (exact) mass is 286 g/mol. The molecule has 3 rings (SSSR count). The van der Waals surface area contributed by atoms with E-state index in [2.05, 4.69) is 15.1 Å². The summed E-state index contributed by atoms with van der Waals surface area (Å²) in [6.45, 7) is 0. The fourth-order valence-corrected chi connectivity index (χ4v) is 2.10. The van der Waals surface area contributed by atoms with Crippen LogP contribution in [0.3, 0.4) is 0 Å². The van der Waals surface area contributed by atoms with Crippen LogP contribution in [0.4, 0.5) is 4.39 Å². The maximum atomic E-state index is 12.8. The Morgan fingerprint density at radius 2 is 1.95 bits per heavy atom. The first-order valence-electron chi connectivity index (χ1n) is 5.96. The Kier molecular flexibility index (Phi) is 3.47. The van der Waals surface area contributed by atoms with Gasteiger partial charge in [-0.05, 0) is 36.1 Å². The predicted octanol–water partition coefficient (Wildman–Crippen LogP) is 3.16. The summed E-state index contributed by atoms with van der Waals surface area (Å²) in [4.78, 5) is 8.45. The molecular formula is C14H11FN4S. The summed E-state index contributed by atoms with van der Waals surface area (Å²) >= 11 is 1.47. The van der Waals surface area contributed by atoms with Gasteiger partial charge < -0.3 is 0 Å². The van der Waals surface area contributed by atoms with Crippen LogP contribution in [0.5, 0.6) is 0 Å². The summed E-state index contributed by atoms with van der Waals surface area (Å²) in [5.41, 5.74) is 1.79. The fraction of sp³-hybridized carbons (Fsp3) is 0.0714. The summed E-state index contributed by atoms with van der Waals surface area (Å²) in [5.74, 6) is 0.324. The molecule has 0 aliphatic heterocycles. The number of aromatic nitrogens is 4. The Morgan fingerprint density at radius 3 is 2.70 bits per heavy atom.